The molecule has 0 spiro atoms. The van der Waals surface area contributed by atoms with Crippen molar-refractivity contribution in [3.05, 3.63) is 33.9 Å². The van der Waals surface area contributed by atoms with Gasteiger partial charge in [0.1, 0.15) is 11.5 Å². The summed E-state index contributed by atoms with van der Waals surface area (Å²) >= 11 is 0. The summed E-state index contributed by atoms with van der Waals surface area (Å²) in [4.78, 5) is 32.2. The van der Waals surface area contributed by atoms with Crippen LogP contribution in [0.15, 0.2) is 18.2 Å². The van der Waals surface area contributed by atoms with Gasteiger partial charge in [0.2, 0.25) is 5.91 Å². The third-order valence-corrected chi connectivity index (χ3v) is 2.03. The Labute approximate surface area is 97.8 Å². The van der Waals surface area contributed by atoms with Gasteiger partial charge in [-0.25, -0.2) is 0 Å². The first kappa shape index (κ1) is 12.8. The molecule has 0 radical (unpaired) electrons. The molecule has 0 aliphatic rings. The topological polar surface area (TPSA) is 89.3 Å². The van der Waals surface area contributed by atoms with Gasteiger partial charge in [-0.1, -0.05) is 6.07 Å². The summed E-state index contributed by atoms with van der Waals surface area (Å²) in [6.45, 7) is 3.00. The zero-order chi connectivity index (χ0) is 13.0. The van der Waals surface area contributed by atoms with Gasteiger partial charge in [-0.2, -0.15) is 0 Å². The number of ketones is 1. The summed E-state index contributed by atoms with van der Waals surface area (Å²) in [5.74, 6) is -0.846. The molecule has 1 aromatic rings. The van der Waals surface area contributed by atoms with E-state index in [2.05, 4.69) is 5.32 Å². The maximum absolute atomic E-state index is 11.3. The zero-order valence-electron chi connectivity index (χ0n) is 9.52. The predicted octanol–water partition coefficient (Wildman–Crippen LogP) is 1.82. The van der Waals surface area contributed by atoms with Crippen molar-refractivity contribution in [2.24, 2.45) is 0 Å². The number of carbonyl (C=O) groups excluding carboxylic acids is 2. The van der Waals surface area contributed by atoms with Crippen LogP contribution in [0, 0.1) is 17.0 Å². The molecule has 6 heteroatoms. The van der Waals surface area contributed by atoms with Crippen LogP contribution in [0.1, 0.15) is 18.9 Å². The van der Waals surface area contributed by atoms with E-state index in [1.165, 1.54) is 19.1 Å². The van der Waals surface area contributed by atoms with Gasteiger partial charge in [0.25, 0.3) is 5.69 Å². The molecule has 0 unspecified atom stereocenters. The van der Waals surface area contributed by atoms with Gasteiger partial charge in [-0.3, -0.25) is 19.7 Å². The molecular formula is C11H12N2O4. The van der Waals surface area contributed by atoms with E-state index in [4.69, 9.17) is 0 Å². The molecule has 0 aliphatic carbocycles. The molecule has 17 heavy (non-hydrogen) atoms. The molecule has 90 valence electrons. The number of carbonyl (C=O) groups is 2. The van der Waals surface area contributed by atoms with Gasteiger partial charge < -0.3 is 5.32 Å². The fraction of sp³-hybridized carbons (Fsp3) is 0.273. The lowest BCUT2D eigenvalue weighted by Gasteiger charge is -2.05. The van der Waals surface area contributed by atoms with Crippen molar-refractivity contribution in [2.45, 2.75) is 20.3 Å². The molecule has 0 atom stereocenters. The number of hydrogen-bond acceptors (Lipinski definition) is 4. The van der Waals surface area contributed by atoms with E-state index in [-0.39, 0.29) is 23.6 Å². The number of amides is 1. The number of nitrogens with zero attached hydrogens (tertiary/aromatic N) is 1. The Hall–Kier alpha value is -2.24. The summed E-state index contributed by atoms with van der Waals surface area (Å²) < 4.78 is 0. The molecule has 0 bridgehead atoms. The molecule has 0 saturated carbocycles. The first-order valence-electron chi connectivity index (χ1n) is 4.94. The highest BCUT2D eigenvalue weighted by atomic mass is 16.6. The van der Waals surface area contributed by atoms with Crippen molar-refractivity contribution in [1.29, 1.82) is 0 Å². The maximum atomic E-state index is 11.3. The van der Waals surface area contributed by atoms with Crippen molar-refractivity contribution in [3.8, 4) is 0 Å². The van der Waals surface area contributed by atoms with Crippen LogP contribution >= 0.6 is 0 Å². The molecule has 1 aromatic carbocycles. The van der Waals surface area contributed by atoms with E-state index in [9.17, 15) is 19.7 Å². The van der Waals surface area contributed by atoms with E-state index in [0.717, 1.165) is 5.56 Å². The summed E-state index contributed by atoms with van der Waals surface area (Å²) in [5, 5.41) is 13.1. The van der Waals surface area contributed by atoms with Crippen molar-refractivity contribution < 1.29 is 14.5 Å². The number of nitrogens with one attached hydrogen (secondary N) is 1. The molecule has 0 heterocycles. The Kier molecular flexibility index (Phi) is 3.92. The molecule has 0 aromatic heterocycles. The number of benzene rings is 1. The van der Waals surface area contributed by atoms with E-state index in [1.54, 1.807) is 13.0 Å². The van der Waals surface area contributed by atoms with Gasteiger partial charge >= 0.3 is 0 Å². The maximum Gasteiger partial charge on any atom is 0.293 e. The lowest BCUT2D eigenvalue weighted by atomic mass is 10.2. The molecule has 1 amide bonds. The lowest BCUT2D eigenvalue weighted by molar-refractivity contribution is -0.384. The third-order valence-electron chi connectivity index (χ3n) is 2.03. The molecule has 0 fully saturated rings. The highest BCUT2D eigenvalue weighted by Crippen LogP contribution is 2.25. The third kappa shape index (κ3) is 3.67. The lowest BCUT2D eigenvalue weighted by Crippen LogP contribution is -2.15. The van der Waals surface area contributed by atoms with Crippen LogP contribution in [-0.2, 0) is 9.59 Å². The Morgan fingerprint density at radius 2 is 2.06 bits per heavy atom. The highest BCUT2D eigenvalue weighted by molar-refractivity contribution is 6.04. The van der Waals surface area contributed by atoms with Crippen LogP contribution in [0.2, 0.25) is 0 Å². The van der Waals surface area contributed by atoms with Crippen LogP contribution in [0.4, 0.5) is 11.4 Å². The normalized spacial score (nSPS) is 9.76. The van der Waals surface area contributed by atoms with E-state index >= 15 is 0 Å². The molecule has 0 aliphatic heterocycles. The van der Waals surface area contributed by atoms with Gasteiger partial charge in [-0.05, 0) is 25.5 Å². The van der Waals surface area contributed by atoms with Gasteiger partial charge in [0, 0.05) is 6.07 Å². The standard InChI is InChI=1S/C11H12N2O4/c1-7-3-4-9(10(5-7)13(16)17)12-11(15)6-8(2)14/h3-5H,6H2,1-2H3,(H,12,15). The molecule has 0 saturated heterocycles. The minimum Gasteiger partial charge on any atom is -0.320 e. The minimum absolute atomic E-state index is 0.104. The first-order valence-corrected chi connectivity index (χ1v) is 4.94. The van der Waals surface area contributed by atoms with Crippen molar-refractivity contribution in [1.82, 2.24) is 0 Å². The average Bonchev–Trinajstić information content (AvgIpc) is 2.19. The van der Waals surface area contributed by atoms with Crippen molar-refractivity contribution in [3.63, 3.8) is 0 Å². The van der Waals surface area contributed by atoms with Crippen LogP contribution in [0.3, 0.4) is 0 Å². The molecule has 1 rings (SSSR count). The second-order valence-electron chi connectivity index (χ2n) is 3.70. The van der Waals surface area contributed by atoms with Crippen LogP contribution in [0.5, 0.6) is 0 Å². The second kappa shape index (κ2) is 5.20. The summed E-state index contributed by atoms with van der Waals surface area (Å²) in [6, 6.07) is 4.46. The molecule has 6 nitrogen and oxygen atoms in total. The van der Waals surface area contributed by atoms with E-state index in [0.29, 0.717) is 0 Å². The second-order valence-corrected chi connectivity index (χ2v) is 3.70. The number of hydrogen-bond donors (Lipinski definition) is 1. The predicted molar refractivity (Wildman–Crippen MR) is 61.8 cm³/mol. The minimum atomic E-state index is -0.573. The highest BCUT2D eigenvalue weighted by Gasteiger charge is 2.16. The first-order chi connectivity index (χ1) is 7.90. The molecular weight excluding hydrogens is 224 g/mol. The smallest absolute Gasteiger partial charge is 0.293 e. The average molecular weight is 236 g/mol. The summed E-state index contributed by atoms with van der Waals surface area (Å²) in [5.41, 5.74) is 0.648. The quantitative estimate of drug-likeness (QED) is 0.490. The number of aryl methyl sites for hydroxylation is 1. The van der Waals surface area contributed by atoms with Crippen LogP contribution in [0.25, 0.3) is 0 Å². The number of nitro groups is 1. The fourth-order valence-corrected chi connectivity index (χ4v) is 1.32. The van der Waals surface area contributed by atoms with Crippen molar-refractivity contribution >= 4 is 23.1 Å². The summed E-state index contributed by atoms with van der Waals surface area (Å²) in [6.07, 6.45) is -0.287. The monoisotopic (exact) mass is 236 g/mol. The van der Waals surface area contributed by atoms with Gasteiger partial charge in [-0.15, -0.1) is 0 Å². The Balaban J connectivity index is 2.94. The number of Topliss-reactive ketones (excluding diaryl/α,β-unsaturated/α-hetero) is 1. The number of rotatable bonds is 4. The Morgan fingerprint density at radius 1 is 1.41 bits per heavy atom. The van der Waals surface area contributed by atoms with Gasteiger partial charge in [0.15, 0.2) is 0 Å². The van der Waals surface area contributed by atoms with E-state index < -0.39 is 10.8 Å². The number of nitro benzene ring substituents is 1. The summed E-state index contributed by atoms with van der Waals surface area (Å²) in [7, 11) is 0. The number of anilines is 1. The SMILES string of the molecule is CC(=O)CC(=O)Nc1ccc(C)cc1[N+](=O)[O-]. The van der Waals surface area contributed by atoms with Gasteiger partial charge in [0.05, 0.1) is 11.3 Å². The largest absolute Gasteiger partial charge is 0.320 e. The fourth-order valence-electron chi connectivity index (χ4n) is 1.32. The van der Waals surface area contributed by atoms with E-state index in [1.807, 2.05) is 0 Å². The Bertz CT molecular complexity index is 482. The van der Waals surface area contributed by atoms with Crippen molar-refractivity contribution in [2.75, 3.05) is 5.32 Å². The van der Waals surface area contributed by atoms with Crippen LogP contribution < -0.4 is 5.32 Å². The Morgan fingerprint density at radius 3 is 2.59 bits per heavy atom. The molecule has 1 N–H and O–H groups in total. The van der Waals surface area contributed by atoms with Crippen LogP contribution in [-0.4, -0.2) is 16.6 Å². The zero-order valence-corrected chi connectivity index (χ0v) is 9.52.